The molecule has 2 aromatic carbocycles. The summed E-state index contributed by atoms with van der Waals surface area (Å²) in [4.78, 5) is 23.3. The van der Waals surface area contributed by atoms with Crippen LogP contribution in [0.25, 0.3) is 0 Å². The minimum atomic E-state index is -0.618. The number of nitrogen functional groups attached to an aromatic ring is 1. The van der Waals surface area contributed by atoms with E-state index in [2.05, 4.69) is 20.6 Å². The standard InChI is InChI=1S/C26H29F2N7O2/c1-4-11-35-25(34-18-8-6-7-15(27)20(18)26(35)36)17(5-2)33-24-21(23(30)31-13-32-24)22(29)14-9-10-19(37-3)16(28)12-14/h6-10,12-13,17,25,29,34H,4-5,11H2,1-3H3,(H3,30,31,32,33). The van der Waals surface area contributed by atoms with Crippen LogP contribution < -0.4 is 21.1 Å². The molecule has 0 bridgehead atoms. The highest BCUT2D eigenvalue weighted by atomic mass is 19.1. The number of benzene rings is 2. The molecule has 0 fully saturated rings. The summed E-state index contributed by atoms with van der Waals surface area (Å²) in [5.41, 5.74) is 6.95. The first kappa shape index (κ1) is 25.8. The minimum Gasteiger partial charge on any atom is -0.494 e. The summed E-state index contributed by atoms with van der Waals surface area (Å²) in [5.74, 6) is -1.24. The average molecular weight is 510 g/mol. The van der Waals surface area contributed by atoms with Crippen LogP contribution in [-0.4, -0.2) is 52.3 Å². The van der Waals surface area contributed by atoms with Crippen LogP contribution in [0.1, 0.15) is 48.2 Å². The van der Waals surface area contributed by atoms with Crippen LogP contribution >= 0.6 is 0 Å². The summed E-state index contributed by atoms with van der Waals surface area (Å²) < 4.78 is 33.9. The highest BCUT2D eigenvalue weighted by Crippen LogP contribution is 2.31. The number of rotatable bonds is 9. The number of anilines is 3. The highest BCUT2D eigenvalue weighted by Gasteiger charge is 2.38. The predicted octanol–water partition coefficient (Wildman–Crippen LogP) is 4.26. The van der Waals surface area contributed by atoms with Crippen molar-refractivity contribution in [1.82, 2.24) is 14.9 Å². The number of aromatic nitrogens is 2. The quantitative estimate of drug-likeness (QED) is 0.317. The normalized spacial score (nSPS) is 15.5. The Morgan fingerprint density at radius 1 is 1.24 bits per heavy atom. The smallest absolute Gasteiger partial charge is 0.260 e. The second kappa shape index (κ2) is 10.8. The number of hydrogen-bond acceptors (Lipinski definition) is 8. The molecule has 2 atom stereocenters. The van der Waals surface area contributed by atoms with Crippen molar-refractivity contribution in [2.45, 2.75) is 38.9 Å². The van der Waals surface area contributed by atoms with Crippen molar-refractivity contribution in [3.8, 4) is 5.75 Å². The summed E-state index contributed by atoms with van der Waals surface area (Å²) in [6.45, 7) is 4.28. The van der Waals surface area contributed by atoms with Gasteiger partial charge in [-0.15, -0.1) is 0 Å². The number of carbonyl (C=O) groups is 1. The van der Waals surface area contributed by atoms with Gasteiger partial charge in [-0.3, -0.25) is 10.2 Å². The average Bonchev–Trinajstić information content (AvgIpc) is 2.88. The van der Waals surface area contributed by atoms with Gasteiger partial charge in [-0.25, -0.2) is 18.7 Å². The van der Waals surface area contributed by atoms with Gasteiger partial charge < -0.3 is 26.0 Å². The second-order valence-electron chi connectivity index (χ2n) is 8.62. The molecule has 1 amide bonds. The zero-order chi connectivity index (χ0) is 26.7. The number of amides is 1. The number of ether oxygens (including phenoxy) is 1. The molecule has 11 heteroatoms. The molecule has 1 aromatic heterocycles. The molecular formula is C26H29F2N7O2. The summed E-state index contributed by atoms with van der Waals surface area (Å²) in [6.07, 6.45) is 1.94. The zero-order valence-electron chi connectivity index (χ0n) is 20.8. The van der Waals surface area contributed by atoms with E-state index >= 15 is 0 Å². The number of hydrogen-bond donors (Lipinski definition) is 4. The van der Waals surface area contributed by atoms with E-state index in [0.29, 0.717) is 25.1 Å². The third-order valence-electron chi connectivity index (χ3n) is 6.30. The molecule has 5 N–H and O–H groups in total. The molecule has 0 saturated heterocycles. The Morgan fingerprint density at radius 2 is 2.03 bits per heavy atom. The van der Waals surface area contributed by atoms with Gasteiger partial charge in [0.2, 0.25) is 0 Å². The third kappa shape index (κ3) is 4.89. The number of carbonyl (C=O) groups excluding carboxylic acids is 1. The van der Waals surface area contributed by atoms with E-state index in [0.717, 1.165) is 0 Å². The van der Waals surface area contributed by atoms with Crippen molar-refractivity contribution in [1.29, 1.82) is 5.41 Å². The van der Waals surface area contributed by atoms with Crippen LogP contribution in [0.4, 0.5) is 26.1 Å². The minimum absolute atomic E-state index is 0.0114. The number of nitrogens with zero attached hydrogens (tertiary/aromatic N) is 3. The van der Waals surface area contributed by atoms with Crippen LogP contribution in [-0.2, 0) is 0 Å². The topological polar surface area (TPSA) is 129 Å². The molecule has 37 heavy (non-hydrogen) atoms. The maximum absolute atomic E-state index is 14.5. The first-order valence-corrected chi connectivity index (χ1v) is 12.0. The van der Waals surface area contributed by atoms with Crippen molar-refractivity contribution < 1.29 is 18.3 Å². The first-order chi connectivity index (χ1) is 17.8. The molecular weight excluding hydrogens is 480 g/mol. The molecule has 0 radical (unpaired) electrons. The van der Waals surface area contributed by atoms with Crippen LogP contribution in [0.2, 0.25) is 0 Å². The predicted molar refractivity (Wildman–Crippen MR) is 138 cm³/mol. The van der Waals surface area contributed by atoms with Gasteiger partial charge in [0.1, 0.15) is 29.9 Å². The van der Waals surface area contributed by atoms with E-state index in [-0.39, 0.29) is 39.8 Å². The molecule has 0 spiro atoms. The summed E-state index contributed by atoms with van der Waals surface area (Å²) >= 11 is 0. The lowest BCUT2D eigenvalue weighted by atomic mass is 10.00. The first-order valence-electron chi connectivity index (χ1n) is 12.0. The van der Waals surface area contributed by atoms with Crippen molar-refractivity contribution in [2.24, 2.45) is 0 Å². The zero-order valence-corrected chi connectivity index (χ0v) is 20.8. The van der Waals surface area contributed by atoms with Crippen LogP contribution in [0.5, 0.6) is 5.75 Å². The number of halogens is 2. The molecule has 0 aliphatic carbocycles. The maximum Gasteiger partial charge on any atom is 0.260 e. The Hall–Kier alpha value is -4.28. The van der Waals surface area contributed by atoms with Crippen LogP contribution in [0, 0.1) is 17.0 Å². The number of fused-ring (bicyclic) bond motifs is 1. The lowest BCUT2D eigenvalue weighted by Gasteiger charge is -2.42. The largest absolute Gasteiger partial charge is 0.494 e. The lowest BCUT2D eigenvalue weighted by Crippen LogP contribution is -2.57. The fourth-order valence-electron chi connectivity index (χ4n) is 4.47. The van der Waals surface area contributed by atoms with Gasteiger partial charge in [0.15, 0.2) is 11.6 Å². The van der Waals surface area contributed by atoms with Gasteiger partial charge in [-0.1, -0.05) is 19.9 Å². The third-order valence-corrected chi connectivity index (χ3v) is 6.30. The fourth-order valence-corrected chi connectivity index (χ4v) is 4.47. The SMILES string of the molecule is CCCN1C(=O)c2c(F)cccc2NC1C(CC)Nc1ncnc(N)c1C(=N)c1ccc(OC)c(F)c1. The molecule has 1 aliphatic heterocycles. The van der Waals surface area contributed by atoms with E-state index < -0.39 is 29.7 Å². The summed E-state index contributed by atoms with van der Waals surface area (Å²) in [6, 6.07) is 8.24. The molecule has 1 aliphatic rings. The molecule has 3 aromatic rings. The van der Waals surface area contributed by atoms with E-state index in [4.69, 9.17) is 15.9 Å². The Balaban J connectivity index is 1.70. The molecule has 2 heterocycles. The second-order valence-corrected chi connectivity index (χ2v) is 8.62. The monoisotopic (exact) mass is 509 g/mol. The van der Waals surface area contributed by atoms with Crippen molar-refractivity contribution >= 4 is 28.9 Å². The molecule has 2 unspecified atom stereocenters. The van der Waals surface area contributed by atoms with Gasteiger partial charge in [-0.05, 0) is 43.2 Å². The molecule has 9 nitrogen and oxygen atoms in total. The number of nitrogens with two attached hydrogens (primary N) is 1. The van der Waals surface area contributed by atoms with E-state index in [1.807, 2.05) is 13.8 Å². The van der Waals surface area contributed by atoms with Crippen molar-refractivity contribution in [3.05, 3.63) is 71.1 Å². The Kier molecular flexibility index (Phi) is 7.51. The van der Waals surface area contributed by atoms with Crippen LogP contribution in [0.15, 0.2) is 42.7 Å². The Morgan fingerprint density at radius 3 is 2.70 bits per heavy atom. The maximum atomic E-state index is 14.5. The van der Waals surface area contributed by atoms with Gasteiger partial charge in [0.25, 0.3) is 5.91 Å². The summed E-state index contributed by atoms with van der Waals surface area (Å²) in [5, 5.41) is 15.4. The highest BCUT2D eigenvalue weighted by molar-refractivity contribution is 6.16. The van der Waals surface area contributed by atoms with Gasteiger partial charge in [0.05, 0.1) is 35.7 Å². The number of nitrogens with one attached hydrogen (secondary N) is 3. The molecule has 4 rings (SSSR count). The lowest BCUT2D eigenvalue weighted by molar-refractivity contribution is 0.0659. The number of methoxy groups -OCH3 is 1. The Labute approximate surface area is 213 Å². The molecule has 194 valence electrons. The van der Waals surface area contributed by atoms with E-state index in [1.165, 1.54) is 31.6 Å². The molecule has 0 saturated carbocycles. The van der Waals surface area contributed by atoms with Gasteiger partial charge in [-0.2, -0.15) is 0 Å². The van der Waals surface area contributed by atoms with Crippen LogP contribution in [0.3, 0.4) is 0 Å². The van der Waals surface area contributed by atoms with E-state index in [9.17, 15) is 13.6 Å². The van der Waals surface area contributed by atoms with Gasteiger partial charge in [0, 0.05) is 12.1 Å². The van der Waals surface area contributed by atoms with Gasteiger partial charge >= 0.3 is 0 Å². The fraction of sp³-hybridized carbons (Fsp3) is 0.308. The van der Waals surface area contributed by atoms with E-state index in [1.54, 1.807) is 23.1 Å². The summed E-state index contributed by atoms with van der Waals surface area (Å²) in [7, 11) is 1.36. The Bertz CT molecular complexity index is 1330. The van der Waals surface area contributed by atoms with Crippen molar-refractivity contribution in [2.75, 3.05) is 30.0 Å². The van der Waals surface area contributed by atoms with Crippen molar-refractivity contribution in [3.63, 3.8) is 0 Å².